The van der Waals surface area contributed by atoms with Crippen LogP contribution in [0.15, 0.2) is 10.2 Å². The Labute approximate surface area is 129 Å². The molecule has 4 rings (SSSR count). The zero-order chi connectivity index (χ0) is 15.1. The van der Waals surface area contributed by atoms with Crippen molar-refractivity contribution >= 4 is 23.2 Å². The van der Waals surface area contributed by atoms with Crippen LogP contribution in [0.25, 0.3) is 0 Å². The highest BCUT2D eigenvalue weighted by molar-refractivity contribution is 6.35. The van der Waals surface area contributed by atoms with Crippen molar-refractivity contribution in [1.29, 1.82) is 0 Å². The average Bonchev–Trinajstić information content (AvgIpc) is 3.30. The number of carbonyl (C=O) groups is 2. The summed E-state index contributed by atoms with van der Waals surface area (Å²) in [6.45, 7) is 0. The first-order chi connectivity index (χ1) is 10.7. The van der Waals surface area contributed by atoms with Gasteiger partial charge in [0.05, 0.1) is 0 Å². The lowest BCUT2D eigenvalue weighted by Crippen LogP contribution is -2.36. The summed E-state index contributed by atoms with van der Waals surface area (Å²) in [5, 5.41) is 8.31. The summed E-state index contributed by atoms with van der Waals surface area (Å²) in [4.78, 5) is 23.5. The van der Waals surface area contributed by atoms with Crippen molar-refractivity contribution in [3.05, 3.63) is 0 Å². The van der Waals surface area contributed by atoms with Crippen LogP contribution in [0.1, 0.15) is 51.4 Å². The van der Waals surface area contributed by atoms with E-state index in [1.807, 2.05) is 0 Å². The van der Waals surface area contributed by atoms with Gasteiger partial charge in [-0.3, -0.25) is 9.59 Å². The molecule has 0 aromatic heterocycles. The van der Waals surface area contributed by atoms with Crippen LogP contribution >= 0.6 is 0 Å². The molecule has 0 aromatic rings. The number of hydrogen-bond donors (Lipinski definition) is 2. The molecular weight excluding hydrogens is 280 g/mol. The van der Waals surface area contributed by atoms with E-state index in [2.05, 4.69) is 21.1 Å². The minimum atomic E-state index is -0.720. The van der Waals surface area contributed by atoms with Crippen LogP contribution in [0.5, 0.6) is 0 Å². The summed E-state index contributed by atoms with van der Waals surface area (Å²) in [6.07, 6.45) is 9.21. The number of nitrogens with zero attached hydrogens (tertiary/aromatic N) is 2. The van der Waals surface area contributed by atoms with Crippen LogP contribution in [0, 0.1) is 23.7 Å². The van der Waals surface area contributed by atoms with Gasteiger partial charge in [0.25, 0.3) is 0 Å². The summed E-state index contributed by atoms with van der Waals surface area (Å²) in [6, 6.07) is 0. The molecule has 2 amide bonds. The van der Waals surface area contributed by atoms with Crippen molar-refractivity contribution in [2.45, 2.75) is 51.4 Å². The number of hydrazone groups is 2. The largest absolute Gasteiger partial charge is 0.331 e. The second-order valence-electron chi connectivity index (χ2n) is 7.25. The summed E-state index contributed by atoms with van der Waals surface area (Å²) in [7, 11) is 0. The fourth-order valence-electron chi connectivity index (χ4n) is 4.67. The highest BCUT2D eigenvalue weighted by Crippen LogP contribution is 2.43. The van der Waals surface area contributed by atoms with Crippen molar-refractivity contribution in [1.82, 2.24) is 10.9 Å². The molecule has 4 atom stereocenters. The summed E-state index contributed by atoms with van der Waals surface area (Å²) in [5.74, 6) is 1.06. The Morgan fingerprint density at radius 1 is 0.773 bits per heavy atom. The van der Waals surface area contributed by atoms with Gasteiger partial charge in [0.2, 0.25) is 0 Å². The predicted molar refractivity (Wildman–Crippen MR) is 82.1 cm³/mol. The quantitative estimate of drug-likeness (QED) is 0.599. The Morgan fingerprint density at radius 3 is 1.55 bits per heavy atom. The minimum absolute atomic E-state index is 0.516. The molecule has 0 saturated heterocycles. The molecule has 118 valence electrons. The molecule has 6 nitrogen and oxygen atoms in total. The van der Waals surface area contributed by atoms with Crippen LogP contribution in [-0.4, -0.2) is 23.2 Å². The zero-order valence-electron chi connectivity index (χ0n) is 12.7. The lowest BCUT2D eigenvalue weighted by Gasteiger charge is -2.12. The van der Waals surface area contributed by atoms with Crippen LogP contribution in [-0.2, 0) is 9.59 Å². The highest BCUT2D eigenvalue weighted by atomic mass is 16.2. The van der Waals surface area contributed by atoms with Crippen LogP contribution < -0.4 is 10.9 Å². The Hall–Kier alpha value is -1.72. The van der Waals surface area contributed by atoms with Gasteiger partial charge in [0.1, 0.15) is 0 Å². The Bertz CT molecular complexity index is 518. The molecule has 6 heteroatoms. The first-order valence-corrected chi connectivity index (χ1v) is 8.42. The van der Waals surface area contributed by atoms with E-state index in [9.17, 15) is 9.59 Å². The standard InChI is InChI=1S/C16H22N4O2/c21-15(19-17-13-7-9-1-3-11(13)5-9)16(22)20-18-14-8-10-2-4-12(14)6-10/h9-12H,1-8H2,(H,19,21)(H,20,22)/b17-13-,18-14+/t9-,10-,11-,12-/m1/s1. The molecule has 4 fully saturated rings. The van der Waals surface area contributed by atoms with Gasteiger partial charge in [-0.15, -0.1) is 0 Å². The highest BCUT2D eigenvalue weighted by Gasteiger charge is 2.37. The first-order valence-electron chi connectivity index (χ1n) is 8.42. The molecule has 0 aliphatic heterocycles. The lowest BCUT2D eigenvalue weighted by atomic mass is 9.99. The van der Waals surface area contributed by atoms with E-state index in [0.717, 1.165) is 36.1 Å². The molecule has 0 unspecified atom stereocenters. The maximum atomic E-state index is 11.8. The summed E-state index contributed by atoms with van der Waals surface area (Å²) in [5.41, 5.74) is 6.88. The van der Waals surface area contributed by atoms with Gasteiger partial charge < -0.3 is 0 Å². The number of rotatable bonds is 2. The van der Waals surface area contributed by atoms with E-state index < -0.39 is 11.8 Å². The van der Waals surface area contributed by atoms with E-state index in [0.29, 0.717) is 11.8 Å². The van der Waals surface area contributed by atoms with Crippen molar-refractivity contribution in [3.8, 4) is 0 Å². The third kappa shape index (κ3) is 2.55. The van der Waals surface area contributed by atoms with E-state index in [-0.39, 0.29) is 0 Å². The second kappa shape index (κ2) is 5.48. The fraction of sp³-hybridized carbons (Fsp3) is 0.750. The maximum absolute atomic E-state index is 11.8. The number of carbonyl (C=O) groups excluding carboxylic acids is 2. The minimum Gasteiger partial charge on any atom is -0.262 e. The van der Waals surface area contributed by atoms with Crippen molar-refractivity contribution in [2.24, 2.45) is 33.9 Å². The van der Waals surface area contributed by atoms with Gasteiger partial charge in [-0.1, -0.05) is 0 Å². The van der Waals surface area contributed by atoms with Crippen molar-refractivity contribution in [3.63, 3.8) is 0 Å². The Morgan fingerprint density at radius 2 is 1.23 bits per heavy atom. The van der Waals surface area contributed by atoms with Crippen molar-refractivity contribution in [2.75, 3.05) is 0 Å². The van der Waals surface area contributed by atoms with E-state index >= 15 is 0 Å². The number of fused-ring (bicyclic) bond motifs is 4. The van der Waals surface area contributed by atoms with Crippen molar-refractivity contribution < 1.29 is 9.59 Å². The monoisotopic (exact) mass is 302 g/mol. The molecular formula is C16H22N4O2. The summed E-state index contributed by atoms with van der Waals surface area (Å²) >= 11 is 0. The lowest BCUT2D eigenvalue weighted by molar-refractivity contribution is -0.139. The second-order valence-corrected chi connectivity index (χ2v) is 7.25. The molecule has 2 N–H and O–H groups in total. The first kappa shape index (κ1) is 13.9. The number of hydrogen-bond acceptors (Lipinski definition) is 4. The molecule has 4 aliphatic rings. The molecule has 4 aliphatic carbocycles. The van der Waals surface area contributed by atoms with Gasteiger partial charge in [-0.25, -0.2) is 10.9 Å². The molecule has 0 radical (unpaired) electrons. The normalized spacial score (nSPS) is 38.9. The van der Waals surface area contributed by atoms with Gasteiger partial charge in [-0.05, 0) is 75.0 Å². The maximum Gasteiger partial charge on any atom is 0.331 e. The van der Waals surface area contributed by atoms with E-state index in [1.54, 1.807) is 0 Å². The number of nitrogens with one attached hydrogen (secondary N) is 2. The fourth-order valence-corrected chi connectivity index (χ4v) is 4.67. The van der Waals surface area contributed by atoms with E-state index in [4.69, 9.17) is 0 Å². The van der Waals surface area contributed by atoms with Gasteiger partial charge in [0.15, 0.2) is 0 Å². The third-order valence-corrected chi connectivity index (χ3v) is 5.83. The Kier molecular flexibility index (Phi) is 3.47. The molecule has 4 bridgehead atoms. The topological polar surface area (TPSA) is 82.9 Å². The van der Waals surface area contributed by atoms with Gasteiger partial charge >= 0.3 is 11.8 Å². The molecule has 4 saturated carbocycles. The van der Waals surface area contributed by atoms with Crippen LogP contribution in [0.2, 0.25) is 0 Å². The number of amides is 2. The molecule has 0 aromatic carbocycles. The smallest absolute Gasteiger partial charge is 0.262 e. The van der Waals surface area contributed by atoms with Crippen LogP contribution in [0.3, 0.4) is 0 Å². The molecule has 0 spiro atoms. The van der Waals surface area contributed by atoms with Crippen LogP contribution in [0.4, 0.5) is 0 Å². The summed E-state index contributed by atoms with van der Waals surface area (Å²) < 4.78 is 0. The van der Waals surface area contributed by atoms with Gasteiger partial charge in [-0.2, -0.15) is 10.2 Å². The van der Waals surface area contributed by atoms with E-state index in [1.165, 1.54) is 38.5 Å². The SMILES string of the molecule is O=C(N/N=C1/C[C@@H]2CC[C@@H]1C2)C(=O)N/N=C1\C[C@@H]2CC[C@@H]1C2. The van der Waals surface area contributed by atoms with Gasteiger partial charge in [0, 0.05) is 11.4 Å². The third-order valence-electron chi connectivity index (χ3n) is 5.83. The Balaban J connectivity index is 1.28. The molecule has 0 heterocycles. The zero-order valence-corrected chi connectivity index (χ0v) is 12.7. The predicted octanol–water partition coefficient (Wildman–Crippen LogP) is 1.57. The average molecular weight is 302 g/mol. The molecule has 22 heavy (non-hydrogen) atoms.